The number of hydrogen-bond acceptors (Lipinski definition) is 7. The molecule has 0 radical (unpaired) electrons. The van der Waals surface area contributed by atoms with Crippen LogP contribution in [0.25, 0.3) is 0 Å². The van der Waals surface area contributed by atoms with Gasteiger partial charge in [-0.25, -0.2) is 0 Å². The number of carbonyl (C=O) groups is 2. The third-order valence-corrected chi connectivity index (χ3v) is 1.16. The summed E-state index contributed by atoms with van der Waals surface area (Å²) >= 11 is 0. The van der Waals surface area contributed by atoms with Gasteiger partial charge in [-0.15, -0.1) is 0 Å². The quantitative estimate of drug-likeness (QED) is 0.407. The summed E-state index contributed by atoms with van der Waals surface area (Å²) in [6.07, 6.45) is -4.29. The first-order valence-electron chi connectivity index (χ1n) is 5.30. The van der Waals surface area contributed by atoms with E-state index in [2.05, 4.69) is 0 Å². The summed E-state index contributed by atoms with van der Waals surface area (Å²) in [5.74, 6) is 0.333. The van der Waals surface area contributed by atoms with Crippen molar-refractivity contribution < 1.29 is 35.1 Å². The maximum Gasteiger partial charge on any atom is 0.126 e. The molecule has 0 aromatic heterocycles. The monoisotopic (exact) mass is 268 g/mol. The van der Waals surface area contributed by atoms with Crippen molar-refractivity contribution in [2.24, 2.45) is 0 Å². The van der Waals surface area contributed by atoms with Crippen LogP contribution in [0.3, 0.4) is 0 Å². The second-order valence-corrected chi connectivity index (χ2v) is 3.81. The van der Waals surface area contributed by atoms with Crippen LogP contribution in [0.5, 0.6) is 0 Å². The van der Waals surface area contributed by atoms with Crippen molar-refractivity contribution in [3.63, 3.8) is 0 Å². The van der Waals surface area contributed by atoms with Gasteiger partial charge in [0.05, 0.1) is 13.2 Å². The molecule has 7 heteroatoms. The van der Waals surface area contributed by atoms with Crippen LogP contribution in [-0.2, 0) is 9.59 Å². The molecule has 0 aromatic rings. The molecule has 7 nitrogen and oxygen atoms in total. The lowest BCUT2D eigenvalue weighted by molar-refractivity contribution is -0.115. The molecule has 0 aliphatic carbocycles. The van der Waals surface area contributed by atoms with E-state index >= 15 is 0 Å². The minimum atomic E-state index is -1.49. The molecule has 0 aromatic carbocycles. The largest absolute Gasteiger partial charge is 0.394 e. The number of hydrogen-bond donors (Lipinski definition) is 5. The highest BCUT2D eigenvalue weighted by molar-refractivity contribution is 5.72. The molecule has 18 heavy (non-hydrogen) atoms. The Labute approximate surface area is 107 Å². The third-order valence-electron chi connectivity index (χ3n) is 1.16. The van der Waals surface area contributed by atoms with Gasteiger partial charge in [-0.2, -0.15) is 0 Å². The van der Waals surface area contributed by atoms with Crippen molar-refractivity contribution >= 4 is 11.6 Å². The van der Waals surface area contributed by atoms with E-state index in [-0.39, 0.29) is 11.6 Å². The molecule has 0 aliphatic heterocycles. The normalized spacial score (nSPS) is 14.1. The average Bonchev–Trinajstić information content (AvgIpc) is 2.24. The van der Waals surface area contributed by atoms with Crippen LogP contribution in [0, 0.1) is 0 Å². The second kappa shape index (κ2) is 14.2. The van der Waals surface area contributed by atoms with Gasteiger partial charge in [0.15, 0.2) is 0 Å². The van der Waals surface area contributed by atoms with Crippen molar-refractivity contribution in [1.82, 2.24) is 0 Å². The first-order valence-corrected chi connectivity index (χ1v) is 5.30. The average molecular weight is 268 g/mol. The van der Waals surface area contributed by atoms with Crippen LogP contribution >= 0.6 is 0 Å². The van der Waals surface area contributed by atoms with Gasteiger partial charge in [0, 0.05) is 0 Å². The van der Waals surface area contributed by atoms with Crippen molar-refractivity contribution in [2.75, 3.05) is 13.2 Å². The highest BCUT2D eigenvalue weighted by atomic mass is 16.4. The molecular weight excluding hydrogens is 244 g/mol. The molecule has 0 spiro atoms. The molecule has 0 fully saturated rings. The molecule has 3 atom stereocenters. The topological polar surface area (TPSA) is 135 Å². The molecule has 0 saturated heterocycles. The van der Waals surface area contributed by atoms with Gasteiger partial charge in [-0.05, 0) is 27.7 Å². The first kappa shape index (κ1) is 22.3. The Morgan fingerprint density at radius 2 is 0.944 bits per heavy atom. The van der Waals surface area contributed by atoms with Gasteiger partial charge in [0.2, 0.25) is 0 Å². The summed E-state index contributed by atoms with van der Waals surface area (Å²) in [4.78, 5) is 18.9. The minimum Gasteiger partial charge on any atom is -0.394 e. The molecule has 5 N–H and O–H groups in total. The van der Waals surface area contributed by atoms with Gasteiger partial charge in [-0.3, -0.25) is 0 Å². The Morgan fingerprint density at radius 1 is 0.778 bits per heavy atom. The molecule has 0 saturated carbocycles. The number of aliphatic hydroxyl groups excluding tert-OH is 5. The smallest absolute Gasteiger partial charge is 0.126 e. The van der Waals surface area contributed by atoms with Crippen LogP contribution in [0.2, 0.25) is 0 Å². The van der Waals surface area contributed by atoms with Gasteiger partial charge < -0.3 is 35.1 Å². The molecule has 0 bridgehead atoms. The van der Waals surface area contributed by atoms with E-state index in [4.69, 9.17) is 25.5 Å². The van der Waals surface area contributed by atoms with Gasteiger partial charge in [0.1, 0.15) is 29.9 Å². The Hall–Kier alpha value is -0.860. The van der Waals surface area contributed by atoms with E-state index in [0.717, 1.165) is 0 Å². The first-order chi connectivity index (χ1) is 8.09. The molecule has 0 heterocycles. The molecular formula is C11H24O7. The number of carbonyl (C=O) groups excluding carboxylic acids is 2. The zero-order valence-corrected chi connectivity index (χ0v) is 11.2. The van der Waals surface area contributed by atoms with Crippen molar-refractivity contribution in [1.29, 1.82) is 0 Å². The zero-order chi connectivity index (χ0) is 15.3. The number of ketones is 2. The van der Waals surface area contributed by atoms with Crippen molar-refractivity contribution in [3.8, 4) is 0 Å². The molecule has 0 aliphatic rings. The maximum atomic E-state index is 9.44. The standard InChI is InChI=1S/C5H12O5.2C3H6O/c6-1-3(8)5(10)4(9)2-7;2*1-3(2)4/h3-10H,1-2H2;2*1-2H3/t3-,4+,5?;;. The van der Waals surface area contributed by atoms with Crippen LogP contribution in [0.4, 0.5) is 0 Å². The molecule has 1 unspecified atom stereocenters. The third kappa shape index (κ3) is 24.4. The van der Waals surface area contributed by atoms with E-state index in [1.165, 1.54) is 27.7 Å². The van der Waals surface area contributed by atoms with Crippen molar-refractivity contribution in [3.05, 3.63) is 0 Å². The predicted octanol–water partition coefficient (Wildman–Crippen LogP) is -1.76. The van der Waals surface area contributed by atoms with Crippen LogP contribution in [0.1, 0.15) is 27.7 Å². The number of aliphatic hydroxyl groups is 5. The minimum absolute atomic E-state index is 0.167. The van der Waals surface area contributed by atoms with Gasteiger partial charge in [-0.1, -0.05) is 0 Å². The second-order valence-electron chi connectivity index (χ2n) is 3.81. The van der Waals surface area contributed by atoms with Crippen LogP contribution < -0.4 is 0 Å². The lowest BCUT2D eigenvalue weighted by Crippen LogP contribution is -2.41. The fraction of sp³-hybridized carbons (Fsp3) is 0.818. The summed E-state index contributed by atoms with van der Waals surface area (Å²) in [6.45, 7) is 4.83. The van der Waals surface area contributed by atoms with Crippen LogP contribution in [-0.4, -0.2) is 68.6 Å². The van der Waals surface area contributed by atoms with E-state index in [0.29, 0.717) is 0 Å². The van der Waals surface area contributed by atoms with Gasteiger partial charge >= 0.3 is 0 Å². The molecule has 0 amide bonds. The van der Waals surface area contributed by atoms with Crippen molar-refractivity contribution in [2.45, 2.75) is 46.0 Å². The zero-order valence-electron chi connectivity index (χ0n) is 11.2. The lowest BCUT2D eigenvalue weighted by atomic mass is 10.1. The predicted molar refractivity (Wildman–Crippen MR) is 64.9 cm³/mol. The van der Waals surface area contributed by atoms with E-state index in [1.807, 2.05) is 0 Å². The Balaban J connectivity index is -0.000000233. The summed E-state index contributed by atoms with van der Waals surface area (Å²) in [5.41, 5.74) is 0. The Kier molecular flexibility index (Phi) is 17.6. The van der Waals surface area contributed by atoms with E-state index < -0.39 is 31.5 Å². The Bertz CT molecular complexity index is 187. The summed E-state index contributed by atoms with van der Waals surface area (Å²) in [5, 5.41) is 42.6. The highest BCUT2D eigenvalue weighted by Crippen LogP contribution is 1.97. The summed E-state index contributed by atoms with van der Waals surface area (Å²) < 4.78 is 0. The summed E-state index contributed by atoms with van der Waals surface area (Å²) in [6, 6.07) is 0. The fourth-order valence-corrected chi connectivity index (χ4v) is 0.472. The summed E-state index contributed by atoms with van der Waals surface area (Å²) in [7, 11) is 0. The lowest BCUT2D eigenvalue weighted by Gasteiger charge is -2.19. The SMILES string of the molecule is CC(C)=O.CC(C)=O.OC[C@@H](O)C(O)[C@@H](O)CO. The van der Waals surface area contributed by atoms with Gasteiger partial charge in [0.25, 0.3) is 0 Å². The Morgan fingerprint density at radius 3 is 1.06 bits per heavy atom. The van der Waals surface area contributed by atoms with E-state index in [1.54, 1.807) is 0 Å². The fourth-order valence-electron chi connectivity index (χ4n) is 0.472. The molecule has 110 valence electrons. The maximum absolute atomic E-state index is 9.44. The molecule has 0 rings (SSSR count). The number of Topliss-reactive ketones (excluding diaryl/α,β-unsaturated/α-hetero) is 2. The number of rotatable bonds is 4. The van der Waals surface area contributed by atoms with Crippen LogP contribution in [0.15, 0.2) is 0 Å². The highest BCUT2D eigenvalue weighted by Gasteiger charge is 2.22. The van der Waals surface area contributed by atoms with E-state index in [9.17, 15) is 9.59 Å².